The van der Waals surface area contributed by atoms with Gasteiger partial charge >= 0.3 is 0 Å². The molecule has 0 heterocycles. The molecule has 1 atom stereocenters. The smallest absolute Gasteiger partial charge is 0.261 e. The van der Waals surface area contributed by atoms with Gasteiger partial charge in [0.25, 0.3) is 10.0 Å². The van der Waals surface area contributed by atoms with E-state index in [1.54, 1.807) is 43.3 Å². The Bertz CT molecular complexity index is 888. The predicted octanol–water partition coefficient (Wildman–Crippen LogP) is 3.11. The molecule has 0 aliphatic carbocycles. The highest BCUT2D eigenvalue weighted by atomic mass is 32.2. The fourth-order valence-electron chi connectivity index (χ4n) is 2.23. The Morgan fingerprint density at radius 1 is 1.08 bits per heavy atom. The van der Waals surface area contributed by atoms with Crippen LogP contribution in [0.1, 0.15) is 26.3 Å². The Kier molecular flexibility index (Phi) is 5.73. The van der Waals surface area contributed by atoms with Crippen molar-refractivity contribution in [2.24, 2.45) is 11.1 Å². The molecule has 0 saturated heterocycles. The van der Waals surface area contributed by atoms with Crippen molar-refractivity contribution in [1.29, 1.82) is 0 Å². The summed E-state index contributed by atoms with van der Waals surface area (Å²) in [4.78, 5) is 12.5. The van der Waals surface area contributed by atoms with Gasteiger partial charge in [-0.15, -0.1) is 0 Å². The second-order valence-electron chi connectivity index (χ2n) is 7.28. The molecule has 2 rings (SSSR count). The van der Waals surface area contributed by atoms with Crippen LogP contribution in [0.25, 0.3) is 0 Å². The molecule has 140 valence electrons. The van der Waals surface area contributed by atoms with Crippen LogP contribution in [-0.4, -0.2) is 20.4 Å². The summed E-state index contributed by atoms with van der Waals surface area (Å²) in [5, 5.41) is 2.74. The van der Waals surface area contributed by atoms with E-state index in [9.17, 15) is 13.2 Å². The molecule has 6 nitrogen and oxygen atoms in total. The number of nitrogens with two attached hydrogens (primary N) is 1. The molecule has 0 spiro atoms. The maximum absolute atomic E-state index is 12.5. The minimum atomic E-state index is -3.71. The van der Waals surface area contributed by atoms with E-state index in [0.717, 1.165) is 5.56 Å². The number of nitrogens with one attached hydrogen (secondary N) is 2. The number of amides is 1. The Balaban J connectivity index is 2.24. The van der Waals surface area contributed by atoms with Gasteiger partial charge in [-0.3, -0.25) is 9.52 Å². The zero-order chi connectivity index (χ0) is 19.5. The third-order valence-corrected chi connectivity index (χ3v) is 5.40. The molecule has 0 aromatic heterocycles. The maximum atomic E-state index is 12.5. The number of benzene rings is 2. The van der Waals surface area contributed by atoms with Crippen LogP contribution in [0.15, 0.2) is 53.4 Å². The number of sulfonamides is 1. The van der Waals surface area contributed by atoms with Gasteiger partial charge in [-0.2, -0.15) is 0 Å². The van der Waals surface area contributed by atoms with Crippen molar-refractivity contribution >= 4 is 27.3 Å². The lowest BCUT2D eigenvalue weighted by atomic mass is 9.87. The minimum absolute atomic E-state index is 0.170. The van der Waals surface area contributed by atoms with Crippen molar-refractivity contribution < 1.29 is 13.2 Å². The van der Waals surface area contributed by atoms with E-state index in [2.05, 4.69) is 10.0 Å². The van der Waals surface area contributed by atoms with Crippen LogP contribution < -0.4 is 15.8 Å². The number of anilines is 2. The predicted molar refractivity (Wildman–Crippen MR) is 104 cm³/mol. The highest BCUT2D eigenvalue weighted by molar-refractivity contribution is 7.92. The lowest BCUT2D eigenvalue weighted by molar-refractivity contribution is -0.119. The first-order valence-corrected chi connectivity index (χ1v) is 9.74. The van der Waals surface area contributed by atoms with Gasteiger partial charge in [0.15, 0.2) is 0 Å². The molecule has 2 aromatic rings. The first kappa shape index (κ1) is 19.9. The molecule has 7 heteroatoms. The number of carbonyl (C=O) groups excluding carboxylic acids is 1. The maximum Gasteiger partial charge on any atom is 0.261 e. The van der Waals surface area contributed by atoms with Gasteiger partial charge in [0.1, 0.15) is 0 Å². The van der Waals surface area contributed by atoms with Crippen molar-refractivity contribution in [2.75, 3.05) is 10.0 Å². The van der Waals surface area contributed by atoms with Crippen molar-refractivity contribution in [3.8, 4) is 0 Å². The van der Waals surface area contributed by atoms with E-state index in [0.29, 0.717) is 11.4 Å². The summed E-state index contributed by atoms with van der Waals surface area (Å²) in [6.07, 6.45) is 0. The van der Waals surface area contributed by atoms with E-state index in [1.165, 1.54) is 12.1 Å². The van der Waals surface area contributed by atoms with Gasteiger partial charge < -0.3 is 11.1 Å². The van der Waals surface area contributed by atoms with Gasteiger partial charge in [-0.1, -0.05) is 45.0 Å². The first-order valence-electron chi connectivity index (χ1n) is 8.26. The van der Waals surface area contributed by atoms with Crippen LogP contribution in [-0.2, 0) is 14.8 Å². The highest BCUT2D eigenvalue weighted by Crippen LogP contribution is 2.25. The zero-order valence-corrected chi connectivity index (χ0v) is 16.2. The van der Waals surface area contributed by atoms with Gasteiger partial charge in [-0.25, -0.2) is 8.42 Å². The van der Waals surface area contributed by atoms with Crippen LogP contribution >= 0.6 is 0 Å². The van der Waals surface area contributed by atoms with E-state index >= 15 is 0 Å². The van der Waals surface area contributed by atoms with E-state index in [4.69, 9.17) is 5.73 Å². The number of hydrogen-bond acceptors (Lipinski definition) is 4. The van der Waals surface area contributed by atoms with E-state index < -0.39 is 16.1 Å². The number of carbonyl (C=O) groups is 1. The monoisotopic (exact) mass is 375 g/mol. The second kappa shape index (κ2) is 7.47. The summed E-state index contributed by atoms with van der Waals surface area (Å²) in [5.41, 5.74) is 7.20. The summed E-state index contributed by atoms with van der Waals surface area (Å²) in [6.45, 7) is 7.43. The summed E-state index contributed by atoms with van der Waals surface area (Å²) < 4.78 is 27.6. The molecule has 0 bridgehead atoms. The SMILES string of the molecule is Cc1ccc(NC(=O)[C@@H](N)C(C)(C)C)cc1NS(=O)(=O)c1ccccc1. The van der Waals surface area contributed by atoms with Crippen molar-refractivity contribution in [2.45, 2.75) is 38.6 Å². The molecule has 0 aliphatic rings. The highest BCUT2D eigenvalue weighted by Gasteiger charge is 2.27. The molecule has 26 heavy (non-hydrogen) atoms. The van der Waals surface area contributed by atoms with Gasteiger partial charge in [-0.05, 0) is 42.2 Å². The minimum Gasteiger partial charge on any atom is -0.325 e. The van der Waals surface area contributed by atoms with Crippen LogP contribution in [0.4, 0.5) is 11.4 Å². The van der Waals surface area contributed by atoms with E-state index in [-0.39, 0.29) is 16.2 Å². The van der Waals surface area contributed by atoms with Crippen LogP contribution in [0.5, 0.6) is 0 Å². The van der Waals surface area contributed by atoms with Crippen molar-refractivity contribution in [3.63, 3.8) is 0 Å². The summed E-state index contributed by atoms with van der Waals surface area (Å²) in [6, 6.07) is 12.5. The molecule has 0 radical (unpaired) electrons. The normalized spacial score (nSPS) is 13.1. The lowest BCUT2D eigenvalue weighted by Gasteiger charge is -2.26. The molecule has 4 N–H and O–H groups in total. The van der Waals surface area contributed by atoms with Crippen LogP contribution in [0, 0.1) is 12.3 Å². The van der Waals surface area contributed by atoms with Crippen LogP contribution in [0.3, 0.4) is 0 Å². The fraction of sp³-hybridized carbons (Fsp3) is 0.316. The average molecular weight is 375 g/mol. The topological polar surface area (TPSA) is 101 Å². The zero-order valence-electron chi connectivity index (χ0n) is 15.4. The second-order valence-corrected chi connectivity index (χ2v) is 8.96. The van der Waals surface area contributed by atoms with E-state index in [1.807, 2.05) is 20.8 Å². The average Bonchev–Trinajstić information content (AvgIpc) is 2.57. The summed E-state index contributed by atoms with van der Waals surface area (Å²) >= 11 is 0. The molecule has 0 unspecified atom stereocenters. The molecular weight excluding hydrogens is 350 g/mol. The molecule has 0 fully saturated rings. The van der Waals surface area contributed by atoms with Gasteiger partial charge in [0.05, 0.1) is 16.6 Å². The van der Waals surface area contributed by atoms with Gasteiger partial charge in [0, 0.05) is 5.69 Å². The molecule has 2 aromatic carbocycles. The third-order valence-electron chi connectivity index (χ3n) is 4.02. The van der Waals surface area contributed by atoms with Gasteiger partial charge in [0.2, 0.25) is 5.91 Å². The third kappa shape index (κ3) is 4.83. The number of aryl methyl sites for hydroxylation is 1. The molecule has 0 aliphatic heterocycles. The summed E-state index contributed by atoms with van der Waals surface area (Å²) in [5.74, 6) is -0.321. The molecular formula is C19H25N3O3S. The first-order chi connectivity index (χ1) is 12.0. The molecule has 1 amide bonds. The standard InChI is InChI=1S/C19H25N3O3S/c1-13-10-11-14(21-18(23)17(20)19(2,3)4)12-16(13)22-26(24,25)15-8-6-5-7-9-15/h5-12,17,22H,20H2,1-4H3,(H,21,23)/t17-/m1/s1. The summed E-state index contributed by atoms with van der Waals surface area (Å²) in [7, 11) is -3.71. The quantitative estimate of drug-likeness (QED) is 0.747. The van der Waals surface area contributed by atoms with Crippen LogP contribution in [0.2, 0.25) is 0 Å². The van der Waals surface area contributed by atoms with Crippen molar-refractivity contribution in [3.05, 3.63) is 54.1 Å². The lowest BCUT2D eigenvalue weighted by Crippen LogP contribution is -2.45. The fourth-order valence-corrected chi connectivity index (χ4v) is 3.37. The Labute approximate surface area is 154 Å². The Hall–Kier alpha value is -2.38. The Morgan fingerprint density at radius 2 is 1.69 bits per heavy atom. The number of rotatable bonds is 5. The largest absolute Gasteiger partial charge is 0.325 e. The molecule has 0 saturated carbocycles. The number of hydrogen-bond donors (Lipinski definition) is 3. The van der Waals surface area contributed by atoms with Crippen molar-refractivity contribution in [1.82, 2.24) is 0 Å². The Morgan fingerprint density at radius 3 is 2.27 bits per heavy atom.